The van der Waals surface area contributed by atoms with Crippen molar-refractivity contribution < 1.29 is 9.53 Å². The standard InChI is InChI=1S/C21H21ClN4O2/c1-28-17-7-4-5-15(13-17)11-12-23-20-10-9-19(25-26-20)21(27)24-14-16-6-2-3-8-18(16)22/h2-10,13H,11-12,14H2,1H3,(H,23,26)(H,24,27). The van der Waals surface area contributed by atoms with E-state index in [-0.39, 0.29) is 11.6 Å². The molecular weight excluding hydrogens is 376 g/mol. The van der Waals surface area contributed by atoms with Crippen molar-refractivity contribution >= 4 is 23.3 Å². The molecule has 3 aromatic rings. The summed E-state index contributed by atoms with van der Waals surface area (Å²) in [6.45, 7) is 1.03. The topological polar surface area (TPSA) is 76.1 Å². The molecule has 2 N–H and O–H groups in total. The van der Waals surface area contributed by atoms with Gasteiger partial charge in [-0.25, -0.2) is 0 Å². The first kappa shape index (κ1) is 19.6. The van der Waals surface area contributed by atoms with E-state index in [1.54, 1.807) is 25.3 Å². The predicted molar refractivity (Wildman–Crippen MR) is 110 cm³/mol. The van der Waals surface area contributed by atoms with Gasteiger partial charge >= 0.3 is 0 Å². The first-order valence-corrected chi connectivity index (χ1v) is 9.25. The largest absolute Gasteiger partial charge is 0.497 e. The van der Waals surface area contributed by atoms with Gasteiger partial charge in [-0.3, -0.25) is 4.79 Å². The zero-order chi connectivity index (χ0) is 19.8. The summed E-state index contributed by atoms with van der Waals surface area (Å²) in [4.78, 5) is 12.2. The van der Waals surface area contributed by atoms with E-state index < -0.39 is 0 Å². The number of carbonyl (C=O) groups excluding carboxylic acids is 1. The lowest BCUT2D eigenvalue weighted by atomic mass is 10.1. The van der Waals surface area contributed by atoms with Crippen LogP contribution >= 0.6 is 11.6 Å². The fourth-order valence-electron chi connectivity index (χ4n) is 2.62. The van der Waals surface area contributed by atoms with Gasteiger partial charge in [0.2, 0.25) is 0 Å². The fourth-order valence-corrected chi connectivity index (χ4v) is 2.82. The number of amides is 1. The summed E-state index contributed by atoms with van der Waals surface area (Å²) in [6.07, 6.45) is 0.818. The molecule has 0 saturated heterocycles. The van der Waals surface area contributed by atoms with Crippen molar-refractivity contribution in [2.24, 2.45) is 0 Å². The molecule has 6 nitrogen and oxygen atoms in total. The van der Waals surface area contributed by atoms with Crippen LogP contribution in [0.25, 0.3) is 0 Å². The number of aromatic nitrogens is 2. The van der Waals surface area contributed by atoms with Gasteiger partial charge in [-0.1, -0.05) is 41.9 Å². The van der Waals surface area contributed by atoms with Crippen LogP contribution in [0.15, 0.2) is 60.7 Å². The van der Waals surface area contributed by atoms with Gasteiger partial charge in [0.15, 0.2) is 5.69 Å². The highest BCUT2D eigenvalue weighted by atomic mass is 35.5. The van der Waals surface area contributed by atoms with Crippen LogP contribution in [-0.2, 0) is 13.0 Å². The average Bonchev–Trinajstić information content (AvgIpc) is 2.73. The summed E-state index contributed by atoms with van der Waals surface area (Å²) in [5, 5.41) is 14.7. The lowest BCUT2D eigenvalue weighted by molar-refractivity contribution is 0.0945. The number of carbonyl (C=O) groups is 1. The molecule has 0 saturated carbocycles. The first-order valence-electron chi connectivity index (χ1n) is 8.88. The van der Waals surface area contributed by atoms with Crippen LogP contribution in [0.4, 0.5) is 5.82 Å². The summed E-state index contributed by atoms with van der Waals surface area (Å²) >= 11 is 6.09. The van der Waals surface area contributed by atoms with Crippen molar-refractivity contribution in [2.75, 3.05) is 19.0 Å². The Kier molecular flexibility index (Phi) is 6.81. The fraction of sp³-hybridized carbons (Fsp3) is 0.190. The van der Waals surface area contributed by atoms with Crippen molar-refractivity contribution in [1.82, 2.24) is 15.5 Å². The molecule has 0 aliphatic carbocycles. The van der Waals surface area contributed by atoms with Crippen molar-refractivity contribution in [1.29, 1.82) is 0 Å². The Morgan fingerprint density at radius 3 is 2.68 bits per heavy atom. The minimum atomic E-state index is -0.296. The number of hydrogen-bond acceptors (Lipinski definition) is 5. The summed E-state index contributed by atoms with van der Waals surface area (Å²) in [6, 6.07) is 18.7. The number of rotatable bonds is 8. The molecule has 0 aliphatic heterocycles. The molecule has 0 aliphatic rings. The van der Waals surface area contributed by atoms with Gasteiger partial charge in [0.25, 0.3) is 5.91 Å². The molecule has 7 heteroatoms. The third-order valence-electron chi connectivity index (χ3n) is 4.15. The maximum atomic E-state index is 12.2. The number of halogens is 1. The Bertz CT molecular complexity index is 932. The zero-order valence-corrected chi connectivity index (χ0v) is 16.2. The highest BCUT2D eigenvalue weighted by Crippen LogP contribution is 2.15. The van der Waals surface area contributed by atoms with Crippen LogP contribution in [0.3, 0.4) is 0 Å². The van der Waals surface area contributed by atoms with E-state index in [9.17, 15) is 4.79 Å². The van der Waals surface area contributed by atoms with Crippen molar-refractivity contribution in [3.05, 3.63) is 82.5 Å². The quantitative estimate of drug-likeness (QED) is 0.606. The molecule has 1 heterocycles. The second-order valence-electron chi connectivity index (χ2n) is 6.11. The summed E-state index contributed by atoms with van der Waals surface area (Å²) in [7, 11) is 1.65. The smallest absolute Gasteiger partial charge is 0.272 e. The van der Waals surface area contributed by atoms with Crippen LogP contribution < -0.4 is 15.4 Å². The molecule has 3 rings (SSSR count). The molecule has 144 valence electrons. The van der Waals surface area contributed by atoms with E-state index >= 15 is 0 Å². The van der Waals surface area contributed by atoms with Crippen LogP contribution in [-0.4, -0.2) is 29.8 Å². The lowest BCUT2D eigenvalue weighted by Gasteiger charge is -2.08. The van der Waals surface area contributed by atoms with E-state index in [1.165, 1.54) is 0 Å². The van der Waals surface area contributed by atoms with Crippen LogP contribution in [0, 0.1) is 0 Å². The molecule has 0 unspecified atom stereocenters. The number of nitrogens with zero attached hydrogens (tertiary/aromatic N) is 2. The number of nitrogens with one attached hydrogen (secondary N) is 2. The second kappa shape index (κ2) is 9.71. The molecule has 1 amide bonds. The van der Waals surface area contributed by atoms with Crippen LogP contribution in [0.1, 0.15) is 21.6 Å². The van der Waals surface area contributed by atoms with Crippen LogP contribution in [0.2, 0.25) is 5.02 Å². The van der Waals surface area contributed by atoms with E-state index in [0.717, 1.165) is 23.3 Å². The maximum absolute atomic E-state index is 12.2. The number of methoxy groups -OCH3 is 1. The van der Waals surface area contributed by atoms with Gasteiger partial charge in [0.1, 0.15) is 11.6 Å². The number of benzene rings is 2. The maximum Gasteiger partial charge on any atom is 0.272 e. The summed E-state index contributed by atoms with van der Waals surface area (Å²) in [5.41, 5.74) is 2.27. The van der Waals surface area contributed by atoms with Gasteiger partial charge < -0.3 is 15.4 Å². The third-order valence-corrected chi connectivity index (χ3v) is 4.52. The summed E-state index contributed by atoms with van der Waals surface area (Å²) < 4.78 is 5.22. The van der Waals surface area contributed by atoms with Crippen molar-refractivity contribution in [2.45, 2.75) is 13.0 Å². The van der Waals surface area contributed by atoms with E-state index in [2.05, 4.69) is 20.8 Å². The Labute approximate surface area is 168 Å². The first-order chi connectivity index (χ1) is 13.7. The van der Waals surface area contributed by atoms with E-state index in [4.69, 9.17) is 16.3 Å². The molecular formula is C21H21ClN4O2. The number of ether oxygens (including phenoxy) is 1. The van der Waals surface area contributed by atoms with Gasteiger partial charge in [0.05, 0.1) is 7.11 Å². The molecule has 0 fully saturated rings. The van der Waals surface area contributed by atoms with Crippen LogP contribution in [0.5, 0.6) is 5.75 Å². The molecule has 1 aromatic heterocycles. The normalized spacial score (nSPS) is 10.4. The SMILES string of the molecule is COc1cccc(CCNc2ccc(C(=O)NCc3ccccc3Cl)nn2)c1. The second-order valence-corrected chi connectivity index (χ2v) is 6.51. The summed E-state index contributed by atoms with van der Waals surface area (Å²) in [5.74, 6) is 1.16. The molecule has 2 aromatic carbocycles. The molecule has 0 atom stereocenters. The molecule has 0 radical (unpaired) electrons. The van der Waals surface area contributed by atoms with Gasteiger partial charge in [-0.05, 0) is 47.9 Å². The zero-order valence-electron chi connectivity index (χ0n) is 15.5. The molecule has 28 heavy (non-hydrogen) atoms. The number of hydrogen-bond donors (Lipinski definition) is 2. The Balaban J connectivity index is 1.48. The highest BCUT2D eigenvalue weighted by molar-refractivity contribution is 6.31. The molecule has 0 spiro atoms. The minimum absolute atomic E-state index is 0.255. The lowest BCUT2D eigenvalue weighted by Crippen LogP contribution is -2.24. The van der Waals surface area contributed by atoms with Gasteiger partial charge in [-0.15, -0.1) is 10.2 Å². The average molecular weight is 397 g/mol. The van der Waals surface area contributed by atoms with Gasteiger partial charge in [-0.2, -0.15) is 0 Å². The Morgan fingerprint density at radius 2 is 1.93 bits per heavy atom. The number of anilines is 1. The Morgan fingerprint density at radius 1 is 1.07 bits per heavy atom. The van der Waals surface area contributed by atoms with Gasteiger partial charge in [0, 0.05) is 18.1 Å². The third kappa shape index (κ3) is 5.44. The predicted octanol–water partition coefficient (Wildman–Crippen LogP) is 3.72. The van der Waals surface area contributed by atoms with E-state index in [1.807, 2.05) is 42.5 Å². The minimum Gasteiger partial charge on any atom is -0.497 e. The van der Waals surface area contributed by atoms with Crippen molar-refractivity contribution in [3.8, 4) is 5.75 Å². The molecule has 0 bridgehead atoms. The monoisotopic (exact) mass is 396 g/mol. The van der Waals surface area contributed by atoms with Crippen molar-refractivity contribution in [3.63, 3.8) is 0 Å². The highest BCUT2D eigenvalue weighted by Gasteiger charge is 2.09. The Hall–Kier alpha value is -3.12. The van der Waals surface area contributed by atoms with E-state index in [0.29, 0.717) is 23.9 Å².